The molecule has 7 heteroatoms. The van der Waals surface area contributed by atoms with Crippen LogP contribution in [0.25, 0.3) is 10.4 Å². The van der Waals surface area contributed by atoms with Crippen LogP contribution in [-0.4, -0.2) is 32.0 Å². The zero-order valence-corrected chi connectivity index (χ0v) is 11.5. The van der Waals surface area contributed by atoms with E-state index < -0.39 is 10.1 Å². The Bertz CT molecular complexity index is 645. The third-order valence-electron chi connectivity index (χ3n) is 2.33. The van der Waals surface area contributed by atoms with Gasteiger partial charge < -0.3 is 4.90 Å². The summed E-state index contributed by atoms with van der Waals surface area (Å²) >= 11 is 1.02. The number of hydrogen-bond acceptors (Lipinski definition) is 5. The smallest absolute Gasteiger partial charge is 0.304 e. The molecule has 1 N–H and O–H groups in total. The van der Waals surface area contributed by atoms with Crippen molar-refractivity contribution in [1.29, 1.82) is 0 Å². The van der Waals surface area contributed by atoms with E-state index in [9.17, 15) is 8.42 Å². The fourth-order valence-electron chi connectivity index (χ4n) is 1.41. The molecule has 0 aliphatic carbocycles. The monoisotopic (exact) mass is 284 g/mol. The number of pyridine rings is 1. The summed E-state index contributed by atoms with van der Waals surface area (Å²) in [5.74, 6) is 0.824. The summed E-state index contributed by atoms with van der Waals surface area (Å²) in [5, 5.41) is 0. The van der Waals surface area contributed by atoms with Gasteiger partial charge in [-0.3, -0.25) is 4.55 Å². The van der Waals surface area contributed by atoms with E-state index in [4.69, 9.17) is 4.55 Å². The quantitative estimate of drug-likeness (QED) is 0.874. The third-order valence-corrected chi connectivity index (χ3v) is 4.78. The van der Waals surface area contributed by atoms with Gasteiger partial charge in [-0.2, -0.15) is 8.42 Å². The summed E-state index contributed by atoms with van der Waals surface area (Å²) in [4.78, 5) is 6.87. The highest BCUT2D eigenvalue weighted by atomic mass is 32.3. The highest BCUT2D eigenvalue weighted by Crippen LogP contribution is 2.30. The van der Waals surface area contributed by atoms with Crippen LogP contribution in [0.1, 0.15) is 0 Å². The van der Waals surface area contributed by atoms with Crippen LogP contribution >= 0.6 is 11.3 Å². The molecule has 0 spiro atoms. The molecule has 2 aromatic heterocycles. The lowest BCUT2D eigenvalue weighted by Crippen LogP contribution is -2.09. The molecule has 0 atom stereocenters. The largest absolute Gasteiger partial charge is 0.363 e. The molecular weight excluding hydrogens is 272 g/mol. The minimum absolute atomic E-state index is 0.0609. The van der Waals surface area contributed by atoms with Gasteiger partial charge in [-0.15, -0.1) is 11.3 Å². The molecule has 2 heterocycles. The summed E-state index contributed by atoms with van der Waals surface area (Å²) in [6, 6.07) is 6.75. The van der Waals surface area contributed by atoms with Crippen molar-refractivity contribution < 1.29 is 13.0 Å². The van der Waals surface area contributed by atoms with Crippen molar-refractivity contribution in [1.82, 2.24) is 4.98 Å². The van der Waals surface area contributed by atoms with Crippen LogP contribution in [-0.2, 0) is 10.1 Å². The van der Waals surface area contributed by atoms with Gasteiger partial charge in [0, 0.05) is 30.7 Å². The molecule has 0 aliphatic heterocycles. The molecule has 0 radical (unpaired) electrons. The first kappa shape index (κ1) is 13.0. The Morgan fingerprint density at radius 3 is 2.39 bits per heavy atom. The summed E-state index contributed by atoms with van der Waals surface area (Å²) in [6.07, 6.45) is 1.68. The number of rotatable bonds is 3. The number of hydrogen-bond donors (Lipinski definition) is 1. The maximum Gasteiger partial charge on any atom is 0.304 e. The normalized spacial score (nSPS) is 11.5. The minimum Gasteiger partial charge on any atom is -0.363 e. The van der Waals surface area contributed by atoms with Crippen molar-refractivity contribution in [2.24, 2.45) is 0 Å². The summed E-state index contributed by atoms with van der Waals surface area (Å²) in [7, 11) is -0.337. The van der Waals surface area contributed by atoms with E-state index in [1.54, 1.807) is 12.3 Å². The lowest BCUT2D eigenvalue weighted by molar-refractivity contribution is 0.485. The van der Waals surface area contributed by atoms with Crippen molar-refractivity contribution in [2.75, 3.05) is 19.0 Å². The predicted molar refractivity (Wildman–Crippen MR) is 71.7 cm³/mol. The number of aromatic nitrogens is 1. The lowest BCUT2D eigenvalue weighted by atomic mass is 10.2. The molecule has 0 unspecified atom stereocenters. The SMILES string of the molecule is CN(C)c1ccc(-c2ccc(S(=O)(=O)O)s2)cn1. The zero-order valence-electron chi connectivity index (χ0n) is 9.86. The Morgan fingerprint density at radius 2 is 1.94 bits per heavy atom. The van der Waals surface area contributed by atoms with Crippen molar-refractivity contribution in [3.05, 3.63) is 30.5 Å². The molecule has 2 rings (SSSR count). The highest BCUT2D eigenvalue weighted by molar-refractivity contribution is 7.88. The second kappa shape index (κ2) is 4.68. The van der Waals surface area contributed by atoms with Gasteiger partial charge in [0.2, 0.25) is 0 Å². The van der Waals surface area contributed by atoms with E-state index in [1.807, 2.05) is 31.1 Å². The lowest BCUT2D eigenvalue weighted by Gasteiger charge is -2.10. The molecule has 18 heavy (non-hydrogen) atoms. The van der Waals surface area contributed by atoms with Gasteiger partial charge in [0.05, 0.1) is 0 Å². The molecule has 0 aromatic carbocycles. The van der Waals surface area contributed by atoms with Crippen molar-refractivity contribution in [2.45, 2.75) is 4.21 Å². The topological polar surface area (TPSA) is 70.5 Å². The Hall–Kier alpha value is -1.44. The first-order valence-electron chi connectivity index (χ1n) is 5.09. The molecule has 0 saturated heterocycles. The highest BCUT2D eigenvalue weighted by Gasteiger charge is 2.13. The van der Waals surface area contributed by atoms with Crippen LogP contribution < -0.4 is 4.90 Å². The maximum absolute atomic E-state index is 11.0. The minimum atomic E-state index is -4.12. The van der Waals surface area contributed by atoms with Gasteiger partial charge in [-0.05, 0) is 24.3 Å². The van der Waals surface area contributed by atoms with Crippen LogP contribution in [0.5, 0.6) is 0 Å². The molecular formula is C11H12N2O3S2. The van der Waals surface area contributed by atoms with Gasteiger partial charge in [0.1, 0.15) is 10.0 Å². The Kier molecular flexibility index (Phi) is 3.38. The van der Waals surface area contributed by atoms with Crippen molar-refractivity contribution in [3.8, 4) is 10.4 Å². The van der Waals surface area contributed by atoms with Gasteiger partial charge in [-0.1, -0.05) is 0 Å². The first-order chi connectivity index (χ1) is 8.38. The summed E-state index contributed by atoms with van der Waals surface area (Å²) < 4.78 is 30.8. The van der Waals surface area contributed by atoms with E-state index in [0.29, 0.717) is 0 Å². The number of anilines is 1. The van der Waals surface area contributed by atoms with E-state index >= 15 is 0 Å². The Labute approximate surface area is 109 Å². The van der Waals surface area contributed by atoms with Crippen molar-refractivity contribution in [3.63, 3.8) is 0 Å². The average Bonchev–Trinajstić information content (AvgIpc) is 2.78. The zero-order chi connectivity index (χ0) is 13.3. The van der Waals surface area contributed by atoms with Crippen LogP contribution in [0.3, 0.4) is 0 Å². The van der Waals surface area contributed by atoms with Crippen LogP contribution in [0.15, 0.2) is 34.7 Å². The molecule has 0 bridgehead atoms. The molecule has 0 aliphatic rings. The molecule has 0 amide bonds. The molecule has 0 saturated carbocycles. The van der Waals surface area contributed by atoms with Gasteiger partial charge >= 0.3 is 10.1 Å². The Morgan fingerprint density at radius 1 is 1.22 bits per heavy atom. The van der Waals surface area contributed by atoms with E-state index in [1.165, 1.54) is 6.07 Å². The molecule has 96 valence electrons. The second-order valence-corrected chi connectivity index (χ2v) is 6.63. The van der Waals surface area contributed by atoms with E-state index in [2.05, 4.69) is 4.98 Å². The third kappa shape index (κ3) is 2.69. The number of nitrogens with zero attached hydrogens (tertiary/aromatic N) is 2. The van der Waals surface area contributed by atoms with Crippen LogP contribution in [0, 0.1) is 0 Å². The molecule has 5 nitrogen and oxygen atoms in total. The summed E-state index contributed by atoms with van der Waals surface area (Å²) in [6.45, 7) is 0. The van der Waals surface area contributed by atoms with Crippen LogP contribution in [0.2, 0.25) is 0 Å². The van der Waals surface area contributed by atoms with Gasteiger partial charge in [0.15, 0.2) is 0 Å². The molecule has 0 fully saturated rings. The molecule has 2 aromatic rings. The maximum atomic E-state index is 11.0. The fraction of sp³-hybridized carbons (Fsp3) is 0.182. The van der Waals surface area contributed by atoms with Crippen LogP contribution in [0.4, 0.5) is 5.82 Å². The predicted octanol–water partition coefficient (Wildman–Crippen LogP) is 2.12. The first-order valence-corrected chi connectivity index (χ1v) is 7.34. The van der Waals surface area contributed by atoms with Crippen molar-refractivity contribution >= 4 is 27.3 Å². The second-order valence-electron chi connectivity index (χ2n) is 3.89. The van der Waals surface area contributed by atoms with Gasteiger partial charge in [0.25, 0.3) is 0 Å². The van der Waals surface area contributed by atoms with E-state index in [-0.39, 0.29) is 4.21 Å². The fourth-order valence-corrected chi connectivity index (χ4v) is 3.07. The number of thiophene rings is 1. The summed E-state index contributed by atoms with van der Waals surface area (Å²) in [5.41, 5.74) is 0.820. The van der Waals surface area contributed by atoms with E-state index in [0.717, 1.165) is 27.6 Å². The van der Waals surface area contributed by atoms with Gasteiger partial charge in [-0.25, -0.2) is 4.98 Å². The average molecular weight is 284 g/mol. The standard InChI is InChI=1S/C11H12N2O3S2/c1-13(2)10-5-3-8(7-12-10)9-4-6-11(17-9)18(14,15)16/h3-7H,1-2H3,(H,14,15,16). The Balaban J connectivity index is 2.35.